The predicted octanol–water partition coefficient (Wildman–Crippen LogP) is 2.61. The fraction of sp³-hybridized carbons (Fsp3) is 0.182. The van der Waals surface area contributed by atoms with Crippen LogP contribution in [0.25, 0.3) is 0 Å². The van der Waals surface area contributed by atoms with E-state index in [0.717, 1.165) is 16.4 Å². The van der Waals surface area contributed by atoms with Gasteiger partial charge >= 0.3 is 0 Å². The first kappa shape index (κ1) is 9.98. The van der Waals surface area contributed by atoms with E-state index < -0.39 is 0 Å². The molecular weight excluding hydrogens is 208 g/mol. The molecule has 0 atom stereocenters. The number of ether oxygens (including phenoxy) is 1. The molecule has 1 heterocycles. The van der Waals surface area contributed by atoms with Crippen LogP contribution >= 0.6 is 11.3 Å². The number of anilines is 1. The van der Waals surface area contributed by atoms with Gasteiger partial charge in [-0.25, -0.2) is 4.98 Å². The Kier molecular flexibility index (Phi) is 2.87. The summed E-state index contributed by atoms with van der Waals surface area (Å²) in [4.78, 5) is 4.12. The van der Waals surface area contributed by atoms with E-state index in [9.17, 15) is 0 Å². The van der Waals surface area contributed by atoms with Gasteiger partial charge in [-0.2, -0.15) is 0 Å². The summed E-state index contributed by atoms with van der Waals surface area (Å²) in [6.07, 6.45) is 0. The van der Waals surface area contributed by atoms with Crippen LogP contribution < -0.4 is 10.5 Å². The monoisotopic (exact) mass is 220 g/mol. The van der Waals surface area contributed by atoms with Crippen molar-refractivity contribution in [1.82, 2.24) is 4.98 Å². The molecule has 0 fully saturated rings. The second-order valence-electron chi connectivity index (χ2n) is 3.27. The summed E-state index contributed by atoms with van der Waals surface area (Å²) in [6.45, 7) is 2.47. The van der Waals surface area contributed by atoms with Gasteiger partial charge in [-0.15, -0.1) is 11.3 Å². The van der Waals surface area contributed by atoms with E-state index in [1.807, 2.05) is 31.2 Å². The molecule has 0 radical (unpaired) electrons. The summed E-state index contributed by atoms with van der Waals surface area (Å²) in [5.41, 5.74) is 9.45. The number of hydrogen-bond acceptors (Lipinski definition) is 4. The molecule has 0 aliphatic rings. The molecule has 78 valence electrons. The van der Waals surface area contributed by atoms with Gasteiger partial charge in [0.05, 0.1) is 5.51 Å². The van der Waals surface area contributed by atoms with Crippen LogP contribution in [0.5, 0.6) is 5.75 Å². The van der Waals surface area contributed by atoms with E-state index in [1.54, 1.807) is 5.51 Å². The Hall–Kier alpha value is -1.55. The van der Waals surface area contributed by atoms with E-state index in [4.69, 9.17) is 10.5 Å². The zero-order valence-electron chi connectivity index (χ0n) is 8.43. The summed E-state index contributed by atoms with van der Waals surface area (Å²) >= 11 is 1.43. The van der Waals surface area contributed by atoms with Crippen LogP contribution in [0.15, 0.2) is 29.8 Å². The highest BCUT2D eigenvalue weighted by Gasteiger charge is 2.02. The fourth-order valence-corrected chi connectivity index (χ4v) is 1.71. The molecular formula is C11H12N2OS. The highest BCUT2D eigenvalue weighted by Crippen LogP contribution is 2.18. The Morgan fingerprint density at radius 3 is 2.67 bits per heavy atom. The minimum Gasteiger partial charge on any atom is -0.487 e. The first-order valence-electron chi connectivity index (χ1n) is 4.63. The van der Waals surface area contributed by atoms with Gasteiger partial charge in [0.2, 0.25) is 0 Å². The predicted molar refractivity (Wildman–Crippen MR) is 62.0 cm³/mol. The maximum Gasteiger partial charge on any atom is 0.133 e. The van der Waals surface area contributed by atoms with Gasteiger partial charge in [-0.3, -0.25) is 0 Å². The van der Waals surface area contributed by atoms with Crippen molar-refractivity contribution in [2.75, 3.05) is 5.73 Å². The average Bonchev–Trinajstić information content (AvgIpc) is 2.63. The molecule has 0 aliphatic carbocycles. The molecule has 1 aromatic carbocycles. The number of nitrogen functional groups attached to an aromatic ring is 1. The third-order valence-electron chi connectivity index (χ3n) is 2.07. The van der Waals surface area contributed by atoms with Crippen LogP contribution in [-0.2, 0) is 6.61 Å². The molecule has 0 saturated carbocycles. The normalized spacial score (nSPS) is 10.2. The van der Waals surface area contributed by atoms with E-state index in [0.29, 0.717) is 6.61 Å². The van der Waals surface area contributed by atoms with Crippen LogP contribution in [0.3, 0.4) is 0 Å². The molecule has 2 rings (SSSR count). The van der Waals surface area contributed by atoms with Crippen LogP contribution in [0.2, 0.25) is 0 Å². The van der Waals surface area contributed by atoms with Crippen molar-refractivity contribution in [2.24, 2.45) is 0 Å². The van der Waals surface area contributed by atoms with Gasteiger partial charge in [0, 0.05) is 0 Å². The van der Waals surface area contributed by atoms with Gasteiger partial charge in [0.15, 0.2) is 0 Å². The molecule has 15 heavy (non-hydrogen) atoms. The molecule has 1 aromatic heterocycles. The lowest BCUT2D eigenvalue weighted by molar-refractivity contribution is 0.303. The summed E-state index contributed by atoms with van der Waals surface area (Å²) in [5, 5.41) is 0.724. The zero-order chi connectivity index (χ0) is 10.7. The fourth-order valence-electron chi connectivity index (χ4n) is 1.17. The van der Waals surface area contributed by atoms with Crippen LogP contribution in [0.4, 0.5) is 5.00 Å². The standard InChI is InChI=1S/C11H12N2OS/c1-8-2-4-9(5-3-8)14-6-10-11(12)15-7-13-10/h2-5,7H,6,12H2,1H3. The number of nitrogens with zero attached hydrogens (tertiary/aromatic N) is 1. The number of benzene rings is 1. The first-order valence-corrected chi connectivity index (χ1v) is 5.51. The largest absolute Gasteiger partial charge is 0.487 e. The number of hydrogen-bond donors (Lipinski definition) is 1. The minimum atomic E-state index is 0.429. The molecule has 3 nitrogen and oxygen atoms in total. The highest BCUT2D eigenvalue weighted by atomic mass is 32.1. The Bertz CT molecular complexity index is 436. The van der Waals surface area contributed by atoms with E-state index in [2.05, 4.69) is 4.98 Å². The van der Waals surface area contributed by atoms with Crippen molar-refractivity contribution < 1.29 is 4.74 Å². The van der Waals surface area contributed by atoms with Crippen molar-refractivity contribution in [2.45, 2.75) is 13.5 Å². The van der Waals surface area contributed by atoms with Gasteiger partial charge in [-0.1, -0.05) is 17.7 Å². The van der Waals surface area contributed by atoms with Crippen LogP contribution in [-0.4, -0.2) is 4.98 Å². The van der Waals surface area contributed by atoms with Gasteiger partial charge in [0.1, 0.15) is 23.1 Å². The summed E-state index contributed by atoms with van der Waals surface area (Å²) in [6, 6.07) is 7.91. The smallest absolute Gasteiger partial charge is 0.133 e. The molecule has 0 amide bonds. The molecule has 0 unspecified atom stereocenters. The van der Waals surface area contributed by atoms with E-state index >= 15 is 0 Å². The number of rotatable bonds is 3. The minimum absolute atomic E-state index is 0.429. The SMILES string of the molecule is Cc1ccc(OCc2ncsc2N)cc1. The Labute approximate surface area is 92.5 Å². The van der Waals surface area contributed by atoms with E-state index in [-0.39, 0.29) is 0 Å². The van der Waals surface area contributed by atoms with Gasteiger partial charge in [0.25, 0.3) is 0 Å². The van der Waals surface area contributed by atoms with Crippen LogP contribution in [0, 0.1) is 6.92 Å². The zero-order valence-corrected chi connectivity index (χ0v) is 9.25. The topological polar surface area (TPSA) is 48.1 Å². The van der Waals surface area contributed by atoms with Crippen LogP contribution in [0.1, 0.15) is 11.3 Å². The summed E-state index contributed by atoms with van der Waals surface area (Å²) in [5.74, 6) is 0.841. The summed E-state index contributed by atoms with van der Waals surface area (Å²) in [7, 11) is 0. The lowest BCUT2D eigenvalue weighted by Gasteiger charge is -2.04. The quantitative estimate of drug-likeness (QED) is 0.865. The second kappa shape index (κ2) is 4.31. The first-order chi connectivity index (χ1) is 7.25. The maximum absolute atomic E-state index is 5.70. The molecule has 0 bridgehead atoms. The van der Waals surface area contributed by atoms with Crippen molar-refractivity contribution >= 4 is 16.3 Å². The number of nitrogens with two attached hydrogens (primary N) is 1. The maximum atomic E-state index is 5.70. The molecule has 2 aromatic rings. The van der Waals surface area contributed by atoms with Crippen molar-refractivity contribution in [1.29, 1.82) is 0 Å². The highest BCUT2D eigenvalue weighted by molar-refractivity contribution is 7.13. The average molecular weight is 220 g/mol. The summed E-state index contributed by atoms with van der Waals surface area (Å²) < 4.78 is 5.55. The van der Waals surface area contributed by atoms with Gasteiger partial charge in [-0.05, 0) is 19.1 Å². The third-order valence-corrected chi connectivity index (χ3v) is 2.77. The molecule has 2 N–H and O–H groups in total. The van der Waals surface area contributed by atoms with E-state index in [1.165, 1.54) is 16.9 Å². The van der Waals surface area contributed by atoms with Gasteiger partial charge < -0.3 is 10.5 Å². The molecule has 0 saturated heterocycles. The number of aryl methyl sites for hydroxylation is 1. The number of aromatic nitrogens is 1. The Morgan fingerprint density at radius 1 is 1.33 bits per heavy atom. The molecule has 0 spiro atoms. The molecule has 4 heteroatoms. The Balaban J connectivity index is 1.99. The lowest BCUT2D eigenvalue weighted by Crippen LogP contribution is -1.98. The number of thiazole rings is 1. The third kappa shape index (κ3) is 2.47. The van der Waals surface area contributed by atoms with Crippen molar-refractivity contribution in [3.63, 3.8) is 0 Å². The Morgan fingerprint density at radius 2 is 2.07 bits per heavy atom. The van der Waals surface area contributed by atoms with Crippen molar-refractivity contribution in [3.05, 3.63) is 41.0 Å². The molecule has 0 aliphatic heterocycles. The van der Waals surface area contributed by atoms with Crippen molar-refractivity contribution in [3.8, 4) is 5.75 Å². The lowest BCUT2D eigenvalue weighted by atomic mass is 10.2. The second-order valence-corrected chi connectivity index (χ2v) is 4.15.